The van der Waals surface area contributed by atoms with Crippen molar-refractivity contribution in [1.82, 2.24) is 0 Å². The van der Waals surface area contributed by atoms with Crippen molar-refractivity contribution in [2.45, 2.75) is 45.8 Å². The van der Waals surface area contributed by atoms with Crippen LogP contribution in [0.1, 0.15) is 32.8 Å². The molecule has 0 aliphatic carbocycles. The van der Waals surface area contributed by atoms with Crippen molar-refractivity contribution in [2.75, 3.05) is 16.3 Å². The Kier molecular flexibility index (Phi) is 4.84. The predicted octanol–water partition coefficient (Wildman–Crippen LogP) is 3.80. The minimum Gasteiger partial charge on any atom is -0.491 e. The zero-order chi connectivity index (χ0) is 19.8. The van der Waals surface area contributed by atoms with E-state index >= 15 is 0 Å². The molecule has 28 heavy (non-hydrogen) atoms. The van der Waals surface area contributed by atoms with Crippen molar-refractivity contribution in [1.29, 1.82) is 0 Å². The lowest BCUT2D eigenvalue weighted by molar-refractivity contribution is -0.124. The van der Waals surface area contributed by atoms with Gasteiger partial charge in [-0.05, 0) is 63.1 Å². The average Bonchev–Trinajstić information content (AvgIpc) is 3.21. The van der Waals surface area contributed by atoms with E-state index in [1.54, 1.807) is 4.90 Å². The van der Waals surface area contributed by atoms with Crippen LogP contribution in [0.3, 0.4) is 0 Å². The first kappa shape index (κ1) is 18.5. The highest BCUT2D eigenvalue weighted by Gasteiger charge is 2.41. The molecule has 146 valence electrons. The Labute approximate surface area is 165 Å². The summed E-state index contributed by atoms with van der Waals surface area (Å²) in [4.78, 5) is 29.5. The van der Waals surface area contributed by atoms with Gasteiger partial charge in [0.25, 0.3) is 0 Å². The summed E-state index contributed by atoms with van der Waals surface area (Å²) >= 11 is 0. The number of para-hydroxylation sites is 1. The van der Waals surface area contributed by atoms with E-state index in [1.807, 2.05) is 61.2 Å². The second-order valence-corrected chi connectivity index (χ2v) is 7.96. The minimum atomic E-state index is -0.312. The maximum atomic E-state index is 13.2. The van der Waals surface area contributed by atoms with Crippen LogP contribution in [0.5, 0.6) is 5.75 Å². The number of nitrogens with zero attached hydrogens (tertiary/aromatic N) is 2. The molecule has 2 aromatic carbocycles. The lowest BCUT2D eigenvalue weighted by atomic mass is 10.1. The lowest BCUT2D eigenvalue weighted by Crippen LogP contribution is -2.41. The van der Waals surface area contributed by atoms with Gasteiger partial charge in [-0.25, -0.2) is 0 Å². The molecule has 0 saturated carbocycles. The van der Waals surface area contributed by atoms with Gasteiger partial charge in [-0.2, -0.15) is 0 Å². The molecule has 2 aliphatic rings. The second-order valence-electron chi connectivity index (χ2n) is 7.96. The van der Waals surface area contributed by atoms with E-state index in [2.05, 4.69) is 13.0 Å². The first-order chi connectivity index (χ1) is 13.4. The van der Waals surface area contributed by atoms with E-state index in [9.17, 15) is 9.59 Å². The van der Waals surface area contributed by atoms with Gasteiger partial charge in [0, 0.05) is 30.4 Å². The fraction of sp³-hybridized carbons (Fsp3) is 0.391. The van der Waals surface area contributed by atoms with Crippen molar-refractivity contribution in [3.05, 3.63) is 54.1 Å². The van der Waals surface area contributed by atoms with Crippen molar-refractivity contribution < 1.29 is 14.3 Å². The Balaban J connectivity index is 1.50. The summed E-state index contributed by atoms with van der Waals surface area (Å²) in [5.41, 5.74) is 3.00. The fourth-order valence-corrected chi connectivity index (χ4v) is 4.20. The van der Waals surface area contributed by atoms with E-state index in [1.165, 1.54) is 5.56 Å². The van der Waals surface area contributed by atoms with Gasteiger partial charge in [-0.3, -0.25) is 9.59 Å². The second kappa shape index (κ2) is 7.30. The smallest absolute Gasteiger partial charge is 0.232 e. The summed E-state index contributed by atoms with van der Waals surface area (Å²) in [5, 5.41) is 0. The zero-order valence-electron chi connectivity index (χ0n) is 16.6. The van der Waals surface area contributed by atoms with E-state index in [4.69, 9.17) is 4.74 Å². The number of benzene rings is 2. The van der Waals surface area contributed by atoms with Crippen LogP contribution in [-0.4, -0.2) is 30.5 Å². The van der Waals surface area contributed by atoms with Gasteiger partial charge in [-0.15, -0.1) is 0 Å². The van der Waals surface area contributed by atoms with E-state index < -0.39 is 0 Å². The van der Waals surface area contributed by atoms with Crippen LogP contribution in [0.25, 0.3) is 0 Å². The third-order valence-corrected chi connectivity index (χ3v) is 5.44. The summed E-state index contributed by atoms with van der Waals surface area (Å²) in [6.45, 7) is 6.45. The molecule has 2 atom stereocenters. The topological polar surface area (TPSA) is 49.9 Å². The monoisotopic (exact) mass is 378 g/mol. The molecule has 0 spiro atoms. The first-order valence-electron chi connectivity index (χ1n) is 9.92. The number of carbonyl (C=O) groups is 2. The maximum absolute atomic E-state index is 13.2. The summed E-state index contributed by atoms with van der Waals surface area (Å²) in [5.74, 6) is 0.511. The number of anilines is 2. The van der Waals surface area contributed by atoms with Crippen molar-refractivity contribution in [2.24, 2.45) is 5.92 Å². The van der Waals surface area contributed by atoms with Crippen LogP contribution in [0.15, 0.2) is 48.5 Å². The highest BCUT2D eigenvalue weighted by molar-refractivity contribution is 6.05. The molecule has 5 heteroatoms. The zero-order valence-corrected chi connectivity index (χ0v) is 16.6. The molecule has 1 saturated heterocycles. The van der Waals surface area contributed by atoms with Crippen LogP contribution in [0, 0.1) is 5.92 Å². The summed E-state index contributed by atoms with van der Waals surface area (Å²) in [6, 6.07) is 15.7. The van der Waals surface area contributed by atoms with Crippen molar-refractivity contribution in [3.8, 4) is 5.75 Å². The Morgan fingerprint density at radius 3 is 2.50 bits per heavy atom. The summed E-state index contributed by atoms with van der Waals surface area (Å²) in [7, 11) is 0. The number of amides is 2. The number of ether oxygens (including phenoxy) is 1. The number of hydrogen-bond acceptors (Lipinski definition) is 3. The Morgan fingerprint density at radius 2 is 1.79 bits per heavy atom. The summed E-state index contributed by atoms with van der Waals surface area (Å²) in [6.07, 6.45) is 1.23. The Hall–Kier alpha value is -2.82. The summed E-state index contributed by atoms with van der Waals surface area (Å²) < 4.78 is 5.67. The molecule has 0 aromatic heterocycles. The molecule has 2 aliphatic heterocycles. The lowest BCUT2D eigenvalue weighted by Gasteiger charge is -2.26. The van der Waals surface area contributed by atoms with E-state index in [-0.39, 0.29) is 36.3 Å². The molecule has 2 heterocycles. The Morgan fingerprint density at radius 1 is 1.07 bits per heavy atom. The van der Waals surface area contributed by atoms with Gasteiger partial charge >= 0.3 is 0 Å². The molecule has 2 unspecified atom stereocenters. The standard InChI is InChI=1S/C23H26N2O3/c1-15(2)28-20-10-8-19(9-11-20)24-14-18(13-22(24)26)23(27)25-16(3)12-17-6-4-5-7-21(17)25/h4-11,15-16,18H,12-14H2,1-3H3. The molecular formula is C23H26N2O3. The van der Waals surface area contributed by atoms with Gasteiger partial charge in [0.1, 0.15) is 5.75 Å². The third-order valence-electron chi connectivity index (χ3n) is 5.44. The molecule has 2 aromatic rings. The van der Waals surface area contributed by atoms with Crippen LogP contribution in [0.2, 0.25) is 0 Å². The van der Waals surface area contributed by atoms with Gasteiger partial charge in [0.15, 0.2) is 0 Å². The van der Waals surface area contributed by atoms with E-state index in [0.29, 0.717) is 6.54 Å². The van der Waals surface area contributed by atoms with Crippen LogP contribution < -0.4 is 14.5 Å². The number of hydrogen-bond donors (Lipinski definition) is 0. The third kappa shape index (κ3) is 3.37. The molecule has 4 rings (SSSR count). The van der Waals surface area contributed by atoms with Crippen molar-refractivity contribution in [3.63, 3.8) is 0 Å². The average molecular weight is 378 g/mol. The predicted molar refractivity (Wildman–Crippen MR) is 110 cm³/mol. The fourth-order valence-electron chi connectivity index (χ4n) is 4.20. The minimum absolute atomic E-state index is 0.00369. The highest BCUT2D eigenvalue weighted by Crippen LogP contribution is 2.35. The van der Waals surface area contributed by atoms with Gasteiger partial charge in [0.2, 0.25) is 11.8 Å². The molecule has 0 N–H and O–H groups in total. The number of fused-ring (bicyclic) bond motifs is 1. The van der Waals surface area contributed by atoms with Crippen LogP contribution in [0.4, 0.5) is 11.4 Å². The molecule has 5 nitrogen and oxygen atoms in total. The highest BCUT2D eigenvalue weighted by atomic mass is 16.5. The molecular weight excluding hydrogens is 352 g/mol. The SMILES string of the molecule is CC(C)Oc1ccc(N2CC(C(=O)N3c4ccccc4CC3C)CC2=O)cc1. The molecule has 0 radical (unpaired) electrons. The first-order valence-corrected chi connectivity index (χ1v) is 9.92. The number of rotatable bonds is 4. The quantitative estimate of drug-likeness (QED) is 0.813. The number of carbonyl (C=O) groups excluding carboxylic acids is 2. The largest absolute Gasteiger partial charge is 0.491 e. The van der Waals surface area contributed by atoms with Gasteiger partial charge < -0.3 is 14.5 Å². The van der Waals surface area contributed by atoms with Gasteiger partial charge in [-0.1, -0.05) is 18.2 Å². The van der Waals surface area contributed by atoms with Crippen LogP contribution >= 0.6 is 0 Å². The maximum Gasteiger partial charge on any atom is 0.232 e. The Bertz CT molecular complexity index is 891. The van der Waals surface area contributed by atoms with E-state index in [0.717, 1.165) is 23.5 Å². The molecule has 1 fully saturated rings. The normalized spacial score (nSPS) is 21.4. The molecule has 2 amide bonds. The molecule has 0 bridgehead atoms. The van der Waals surface area contributed by atoms with Crippen molar-refractivity contribution >= 4 is 23.2 Å². The van der Waals surface area contributed by atoms with Gasteiger partial charge in [0.05, 0.1) is 12.0 Å². The van der Waals surface area contributed by atoms with Crippen LogP contribution in [-0.2, 0) is 16.0 Å².